The number of hydrogen-bond donors (Lipinski definition) is 2. The van der Waals surface area contributed by atoms with Gasteiger partial charge in [0.05, 0.1) is 18.8 Å². The van der Waals surface area contributed by atoms with Crippen LogP contribution in [0.2, 0.25) is 0 Å². The van der Waals surface area contributed by atoms with Gasteiger partial charge in [-0.2, -0.15) is 0 Å². The summed E-state index contributed by atoms with van der Waals surface area (Å²) in [6.07, 6.45) is 0.765. The molecule has 0 aliphatic heterocycles. The van der Waals surface area contributed by atoms with Gasteiger partial charge in [-0.05, 0) is 13.0 Å². The zero-order chi connectivity index (χ0) is 18.8. The zero-order valence-corrected chi connectivity index (χ0v) is 16.5. The van der Waals surface area contributed by atoms with Crippen molar-refractivity contribution < 1.29 is 23.4 Å². The predicted octanol–water partition coefficient (Wildman–Crippen LogP) is 3.02. The first-order valence-corrected chi connectivity index (χ1v) is 8.48. The van der Waals surface area contributed by atoms with Crippen LogP contribution in [0.3, 0.4) is 0 Å². The van der Waals surface area contributed by atoms with Crippen molar-refractivity contribution in [3.8, 4) is 11.5 Å². The molecule has 3 rings (SSSR count). The summed E-state index contributed by atoms with van der Waals surface area (Å²) in [4.78, 5) is 12.6. The monoisotopic (exact) mass is 397 g/mol. The molecule has 8 heteroatoms. The van der Waals surface area contributed by atoms with Gasteiger partial charge in [-0.25, -0.2) is 0 Å². The van der Waals surface area contributed by atoms with E-state index in [2.05, 4.69) is 5.32 Å². The number of furan rings is 1. The van der Waals surface area contributed by atoms with E-state index in [0.29, 0.717) is 34.8 Å². The normalized spacial score (nSPS) is 12.4. The molecule has 0 amide bonds. The third-order valence-electron chi connectivity index (χ3n) is 4.01. The van der Waals surface area contributed by atoms with Gasteiger partial charge in [0.1, 0.15) is 29.6 Å². The number of fused-ring (bicyclic) bond motifs is 2. The van der Waals surface area contributed by atoms with Gasteiger partial charge in [-0.15, -0.1) is 12.4 Å². The van der Waals surface area contributed by atoms with Crippen LogP contribution in [-0.4, -0.2) is 37.5 Å². The molecule has 0 aliphatic carbocycles. The minimum Gasteiger partial charge on any atom is -0.490 e. The van der Waals surface area contributed by atoms with Gasteiger partial charge in [0.2, 0.25) is 5.75 Å². The Morgan fingerprint density at radius 3 is 2.67 bits per heavy atom. The third kappa shape index (κ3) is 4.21. The highest BCUT2D eigenvalue weighted by Gasteiger charge is 2.23. The van der Waals surface area contributed by atoms with E-state index >= 15 is 0 Å². The van der Waals surface area contributed by atoms with Crippen LogP contribution in [0.5, 0.6) is 11.5 Å². The lowest BCUT2D eigenvalue weighted by atomic mass is 10.1. The molecule has 7 nitrogen and oxygen atoms in total. The number of methoxy groups -OCH3 is 1. The van der Waals surface area contributed by atoms with E-state index in [9.17, 15) is 9.90 Å². The standard InChI is InChI=1S/C19H23NO6.ClH/c1-10(2)20-8-12(21)9-25-16-13-5-6-24-17(13)19(23-4)18-15(16)14(22)7-11(3)26-18;/h5-7,10,12,20-21H,8-9H2,1-4H3;1H. The summed E-state index contributed by atoms with van der Waals surface area (Å²) >= 11 is 0. The molecule has 1 atom stereocenters. The van der Waals surface area contributed by atoms with E-state index in [0.717, 1.165) is 0 Å². The van der Waals surface area contributed by atoms with Gasteiger partial charge < -0.3 is 28.7 Å². The van der Waals surface area contributed by atoms with Gasteiger partial charge in [-0.1, -0.05) is 13.8 Å². The number of ether oxygens (including phenoxy) is 2. The van der Waals surface area contributed by atoms with Crippen LogP contribution in [-0.2, 0) is 0 Å². The molecule has 0 fully saturated rings. The smallest absolute Gasteiger partial charge is 0.206 e. The lowest BCUT2D eigenvalue weighted by Gasteiger charge is -2.17. The maximum Gasteiger partial charge on any atom is 0.206 e. The predicted molar refractivity (Wildman–Crippen MR) is 105 cm³/mol. The molecular weight excluding hydrogens is 374 g/mol. The van der Waals surface area contributed by atoms with Crippen molar-refractivity contribution in [2.45, 2.75) is 32.9 Å². The molecule has 0 bridgehead atoms. The zero-order valence-electron chi connectivity index (χ0n) is 15.7. The molecule has 0 spiro atoms. The van der Waals surface area contributed by atoms with Crippen LogP contribution in [0.15, 0.2) is 32.0 Å². The Kier molecular flexibility index (Phi) is 6.75. The fraction of sp³-hybridized carbons (Fsp3) is 0.421. The summed E-state index contributed by atoms with van der Waals surface area (Å²) in [5.74, 6) is 1.12. The molecule has 148 valence electrons. The van der Waals surface area contributed by atoms with E-state index in [1.54, 1.807) is 13.0 Å². The summed E-state index contributed by atoms with van der Waals surface area (Å²) in [5.41, 5.74) is 0.457. The lowest BCUT2D eigenvalue weighted by Crippen LogP contribution is -2.35. The van der Waals surface area contributed by atoms with Crippen LogP contribution in [0.25, 0.3) is 21.9 Å². The number of rotatable bonds is 7. The van der Waals surface area contributed by atoms with E-state index in [4.69, 9.17) is 18.3 Å². The van der Waals surface area contributed by atoms with Gasteiger partial charge in [-0.3, -0.25) is 4.79 Å². The molecule has 1 aromatic carbocycles. The maximum atomic E-state index is 12.6. The van der Waals surface area contributed by atoms with Crippen molar-refractivity contribution in [1.82, 2.24) is 5.32 Å². The number of aliphatic hydroxyl groups is 1. The van der Waals surface area contributed by atoms with Crippen molar-refractivity contribution in [3.63, 3.8) is 0 Å². The van der Waals surface area contributed by atoms with Gasteiger partial charge >= 0.3 is 0 Å². The Labute approximate surface area is 162 Å². The van der Waals surface area contributed by atoms with Crippen molar-refractivity contribution >= 4 is 34.3 Å². The largest absolute Gasteiger partial charge is 0.490 e. The molecule has 2 heterocycles. The topological polar surface area (TPSA) is 94.1 Å². The Hall–Kier alpha value is -2.22. The van der Waals surface area contributed by atoms with Crippen LogP contribution >= 0.6 is 12.4 Å². The first-order valence-electron chi connectivity index (χ1n) is 8.48. The third-order valence-corrected chi connectivity index (χ3v) is 4.01. The number of benzene rings is 1. The van der Waals surface area contributed by atoms with Crippen molar-refractivity contribution in [2.75, 3.05) is 20.3 Å². The molecule has 2 N–H and O–H groups in total. The first-order chi connectivity index (χ1) is 12.4. The van der Waals surface area contributed by atoms with Crippen molar-refractivity contribution in [1.29, 1.82) is 0 Å². The minimum atomic E-state index is -0.728. The van der Waals surface area contributed by atoms with Crippen molar-refractivity contribution in [3.05, 3.63) is 34.4 Å². The summed E-state index contributed by atoms with van der Waals surface area (Å²) < 4.78 is 22.5. The molecule has 3 aromatic rings. The van der Waals surface area contributed by atoms with Crippen molar-refractivity contribution in [2.24, 2.45) is 0 Å². The number of aliphatic hydroxyl groups excluding tert-OH is 1. The number of hydrogen-bond acceptors (Lipinski definition) is 7. The quantitative estimate of drug-likeness (QED) is 0.632. The highest BCUT2D eigenvalue weighted by Crippen LogP contribution is 2.42. The molecule has 0 saturated carbocycles. The van der Waals surface area contributed by atoms with E-state index in [1.165, 1.54) is 19.4 Å². The molecule has 1 unspecified atom stereocenters. The molecule has 0 radical (unpaired) electrons. The molecule has 27 heavy (non-hydrogen) atoms. The Bertz CT molecular complexity index is 978. The highest BCUT2D eigenvalue weighted by molar-refractivity contribution is 6.06. The molecular formula is C19H24ClNO6. The van der Waals surface area contributed by atoms with Gasteiger partial charge in [0.25, 0.3) is 0 Å². The average molecular weight is 398 g/mol. The van der Waals surface area contributed by atoms with Crippen LogP contribution in [0.4, 0.5) is 0 Å². The maximum absolute atomic E-state index is 12.6. The molecule has 2 aromatic heterocycles. The number of aryl methyl sites for hydroxylation is 1. The first kappa shape index (κ1) is 21.1. The fourth-order valence-electron chi connectivity index (χ4n) is 2.83. The van der Waals surface area contributed by atoms with Gasteiger partial charge in [0, 0.05) is 18.7 Å². The average Bonchev–Trinajstić information content (AvgIpc) is 3.05. The lowest BCUT2D eigenvalue weighted by molar-refractivity contribution is 0.106. The Morgan fingerprint density at radius 1 is 1.26 bits per heavy atom. The van der Waals surface area contributed by atoms with E-state index in [1.807, 2.05) is 13.8 Å². The Morgan fingerprint density at radius 2 is 2.00 bits per heavy atom. The van der Waals surface area contributed by atoms with E-state index in [-0.39, 0.29) is 41.5 Å². The second kappa shape index (κ2) is 8.65. The minimum absolute atomic E-state index is 0. The second-order valence-corrected chi connectivity index (χ2v) is 6.48. The summed E-state index contributed by atoms with van der Waals surface area (Å²) in [6.45, 7) is 6.08. The number of nitrogens with one attached hydrogen (secondary N) is 1. The van der Waals surface area contributed by atoms with Crippen LogP contribution in [0, 0.1) is 6.92 Å². The van der Waals surface area contributed by atoms with Crippen LogP contribution < -0.4 is 20.2 Å². The van der Waals surface area contributed by atoms with E-state index < -0.39 is 6.10 Å². The number of halogens is 1. The SMILES string of the molecule is COc1c2occc2c(OCC(O)CNC(C)C)c2c(=O)cc(C)oc12.Cl. The summed E-state index contributed by atoms with van der Waals surface area (Å²) in [5, 5.41) is 14.1. The second-order valence-electron chi connectivity index (χ2n) is 6.48. The summed E-state index contributed by atoms with van der Waals surface area (Å²) in [6, 6.07) is 3.35. The molecule has 0 aliphatic rings. The van der Waals surface area contributed by atoms with Gasteiger partial charge in [0.15, 0.2) is 16.6 Å². The fourth-order valence-corrected chi connectivity index (χ4v) is 2.83. The Balaban J connectivity index is 0.00000261. The highest BCUT2D eigenvalue weighted by atomic mass is 35.5. The summed E-state index contributed by atoms with van der Waals surface area (Å²) in [7, 11) is 1.49. The van der Waals surface area contributed by atoms with Crippen LogP contribution in [0.1, 0.15) is 19.6 Å². The molecule has 0 saturated heterocycles.